The fraction of sp³-hybridized carbons (Fsp3) is 0.133. The molecule has 0 bridgehead atoms. The van der Waals surface area contributed by atoms with Gasteiger partial charge in [-0.1, -0.05) is 0 Å². The predicted molar refractivity (Wildman–Crippen MR) is 98.8 cm³/mol. The number of carbonyl (C=O) groups excluding carboxylic acids is 1. The molecule has 2 aromatic heterocycles. The molecule has 1 aromatic carbocycles. The Balaban J connectivity index is 1.78. The SMILES string of the molecule is Cc1cc(C)n2nc(C(=O)N/N=C\c3cc(Br)c(O)c(Br)c3)nc2n1. The minimum absolute atomic E-state index is 0.0218. The van der Waals surface area contributed by atoms with Crippen LogP contribution in [0.3, 0.4) is 0 Å². The van der Waals surface area contributed by atoms with Crippen LogP contribution in [0.1, 0.15) is 27.6 Å². The minimum Gasteiger partial charge on any atom is -0.506 e. The topological polar surface area (TPSA) is 105 Å². The van der Waals surface area contributed by atoms with E-state index in [0.717, 1.165) is 11.4 Å². The van der Waals surface area contributed by atoms with Crippen molar-refractivity contribution in [1.82, 2.24) is 25.0 Å². The van der Waals surface area contributed by atoms with Crippen molar-refractivity contribution in [2.75, 3.05) is 0 Å². The summed E-state index contributed by atoms with van der Waals surface area (Å²) in [7, 11) is 0. The largest absolute Gasteiger partial charge is 0.506 e. The van der Waals surface area contributed by atoms with Crippen LogP contribution in [0.5, 0.6) is 5.75 Å². The molecule has 3 aromatic rings. The maximum absolute atomic E-state index is 12.1. The Hall–Kier alpha value is -2.33. The second-order valence-corrected chi connectivity index (χ2v) is 6.93. The Labute approximate surface area is 159 Å². The van der Waals surface area contributed by atoms with Crippen LogP contribution in [0.25, 0.3) is 5.78 Å². The first-order chi connectivity index (χ1) is 11.8. The smallest absolute Gasteiger partial charge is 0.311 e. The molecule has 25 heavy (non-hydrogen) atoms. The summed E-state index contributed by atoms with van der Waals surface area (Å²) in [4.78, 5) is 20.5. The number of hydrazone groups is 1. The number of hydrogen-bond acceptors (Lipinski definition) is 6. The molecule has 10 heteroatoms. The fourth-order valence-electron chi connectivity index (χ4n) is 2.14. The third-order valence-electron chi connectivity index (χ3n) is 3.24. The van der Waals surface area contributed by atoms with Crippen molar-refractivity contribution in [1.29, 1.82) is 0 Å². The highest BCUT2D eigenvalue weighted by molar-refractivity contribution is 9.11. The Morgan fingerprint density at radius 3 is 2.60 bits per heavy atom. The van der Waals surface area contributed by atoms with E-state index in [4.69, 9.17) is 0 Å². The van der Waals surface area contributed by atoms with Gasteiger partial charge in [0.15, 0.2) is 0 Å². The number of benzene rings is 1. The van der Waals surface area contributed by atoms with Gasteiger partial charge in [0.25, 0.3) is 5.78 Å². The van der Waals surface area contributed by atoms with Gasteiger partial charge in [-0.3, -0.25) is 4.79 Å². The zero-order valence-corrected chi connectivity index (χ0v) is 16.3. The quantitative estimate of drug-likeness (QED) is 0.455. The predicted octanol–water partition coefficient (Wildman–Crippen LogP) is 2.74. The summed E-state index contributed by atoms with van der Waals surface area (Å²) in [5, 5.41) is 17.7. The first-order valence-electron chi connectivity index (χ1n) is 7.07. The van der Waals surface area contributed by atoms with Gasteiger partial charge in [0.05, 0.1) is 15.2 Å². The lowest BCUT2D eigenvalue weighted by Gasteiger charge is -2.01. The van der Waals surface area contributed by atoms with E-state index in [9.17, 15) is 9.90 Å². The maximum Gasteiger partial charge on any atom is 0.311 e. The Morgan fingerprint density at radius 2 is 1.92 bits per heavy atom. The lowest BCUT2D eigenvalue weighted by Crippen LogP contribution is -2.19. The van der Waals surface area contributed by atoms with Crippen molar-refractivity contribution in [2.45, 2.75) is 13.8 Å². The molecule has 0 radical (unpaired) electrons. The molecule has 1 amide bonds. The van der Waals surface area contributed by atoms with Gasteiger partial charge in [-0.2, -0.15) is 10.1 Å². The molecule has 0 saturated heterocycles. The van der Waals surface area contributed by atoms with Crippen LogP contribution in [0.15, 0.2) is 32.2 Å². The summed E-state index contributed by atoms with van der Waals surface area (Å²) in [5.74, 6) is -0.117. The molecular formula is C15H12Br2N6O2. The molecular weight excluding hydrogens is 456 g/mol. The number of aryl methyl sites for hydroxylation is 2. The number of phenolic OH excluding ortho intramolecular Hbond substituents is 1. The van der Waals surface area contributed by atoms with Crippen LogP contribution in [0, 0.1) is 13.8 Å². The average molecular weight is 468 g/mol. The number of fused-ring (bicyclic) bond motifs is 1. The summed E-state index contributed by atoms with van der Waals surface area (Å²) in [5.41, 5.74) is 4.67. The lowest BCUT2D eigenvalue weighted by atomic mass is 10.2. The summed E-state index contributed by atoms with van der Waals surface area (Å²) in [6.45, 7) is 3.70. The Bertz CT molecular complexity index is 992. The van der Waals surface area contributed by atoms with Gasteiger partial charge in [-0.05, 0) is 69.5 Å². The number of aromatic nitrogens is 4. The van der Waals surface area contributed by atoms with Gasteiger partial charge >= 0.3 is 5.91 Å². The molecule has 0 aliphatic rings. The van der Waals surface area contributed by atoms with E-state index in [-0.39, 0.29) is 11.6 Å². The summed E-state index contributed by atoms with van der Waals surface area (Å²) in [6.07, 6.45) is 1.44. The molecule has 0 aliphatic heterocycles. The Morgan fingerprint density at radius 1 is 1.24 bits per heavy atom. The lowest BCUT2D eigenvalue weighted by molar-refractivity contribution is 0.0945. The van der Waals surface area contributed by atoms with Gasteiger partial charge in [0.1, 0.15) is 5.75 Å². The number of nitrogens with zero attached hydrogens (tertiary/aromatic N) is 5. The number of hydrogen-bond donors (Lipinski definition) is 2. The van der Waals surface area contributed by atoms with Crippen LogP contribution in [0.4, 0.5) is 0 Å². The van der Waals surface area contributed by atoms with Crippen LogP contribution >= 0.6 is 31.9 Å². The summed E-state index contributed by atoms with van der Waals surface area (Å²) in [6, 6.07) is 5.17. The molecule has 128 valence electrons. The number of carbonyl (C=O) groups is 1. The zero-order chi connectivity index (χ0) is 18.1. The first kappa shape index (κ1) is 17.5. The molecule has 2 heterocycles. The number of amides is 1. The number of aromatic hydroxyl groups is 1. The standard InChI is InChI=1S/C15H12Br2N6O2/c1-7-3-8(2)23-15(19-7)20-13(22-23)14(25)21-18-6-9-4-10(16)12(24)11(17)5-9/h3-6,24H,1-2H3,(H,21,25)/b18-6-. The van der Waals surface area contributed by atoms with Gasteiger partial charge in [-0.15, -0.1) is 5.10 Å². The number of phenols is 1. The second-order valence-electron chi connectivity index (χ2n) is 5.22. The van der Waals surface area contributed by atoms with E-state index in [1.807, 2.05) is 19.9 Å². The van der Waals surface area contributed by atoms with Crippen molar-refractivity contribution in [3.8, 4) is 5.75 Å². The van der Waals surface area contributed by atoms with E-state index < -0.39 is 5.91 Å². The van der Waals surface area contributed by atoms with Crippen LogP contribution in [0.2, 0.25) is 0 Å². The number of rotatable bonds is 3. The minimum atomic E-state index is -0.546. The van der Waals surface area contributed by atoms with Crippen LogP contribution in [-0.4, -0.2) is 36.8 Å². The zero-order valence-electron chi connectivity index (χ0n) is 13.2. The molecule has 0 fully saturated rings. The van der Waals surface area contributed by atoms with Crippen molar-refractivity contribution >= 4 is 49.8 Å². The van der Waals surface area contributed by atoms with E-state index in [1.165, 1.54) is 10.7 Å². The van der Waals surface area contributed by atoms with Crippen molar-refractivity contribution in [3.05, 3.63) is 49.9 Å². The van der Waals surface area contributed by atoms with E-state index >= 15 is 0 Å². The average Bonchev–Trinajstić information content (AvgIpc) is 2.96. The highest BCUT2D eigenvalue weighted by Gasteiger charge is 2.14. The third-order valence-corrected chi connectivity index (χ3v) is 4.45. The fourth-order valence-corrected chi connectivity index (χ4v) is 3.36. The monoisotopic (exact) mass is 466 g/mol. The van der Waals surface area contributed by atoms with E-state index in [0.29, 0.717) is 20.3 Å². The highest BCUT2D eigenvalue weighted by Crippen LogP contribution is 2.32. The molecule has 0 unspecified atom stereocenters. The van der Waals surface area contributed by atoms with Crippen molar-refractivity contribution in [3.63, 3.8) is 0 Å². The van der Waals surface area contributed by atoms with E-state index in [2.05, 4.69) is 57.5 Å². The highest BCUT2D eigenvalue weighted by atomic mass is 79.9. The van der Waals surface area contributed by atoms with Crippen LogP contribution in [-0.2, 0) is 0 Å². The van der Waals surface area contributed by atoms with Gasteiger partial charge in [0.2, 0.25) is 5.82 Å². The van der Waals surface area contributed by atoms with Gasteiger partial charge < -0.3 is 5.11 Å². The number of halogens is 2. The second kappa shape index (κ2) is 6.89. The summed E-state index contributed by atoms with van der Waals surface area (Å²) < 4.78 is 2.52. The summed E-state index contributed by atoms with van der Waals surface area (Å²) >= 11 is 6.46. The Kier molecular flexibility index (Phi) is 4.82. The molecule has 0 atom stereocenters. The first-order valence-corrected chi connectivity index (χ1v) is 8.66. The normalized spacial score (nSPS) is 11.4. The molecule has 3 rings (SSSR count). The molecule has 0 saturated carbocycles. The molecule has 0 aliphatic carbocycles. The van der Waals surface area contributed by atoms with Gasteiger partial charge in [-0.25, -0.2) is 14.9 Å². The molecule has 0 spiro atoms. The third kappa shape index (κ3) is 3.69. The van der Waals surface area contributed by atoms with Crippen molar-refractivity contribution in [2.24, 2.45) is 5.10 Å². The van der Waals surface area contributed by atoms with E-state index in [1.54, 1.807) is 12.1 Å². The number of nitrogens with one attached hydrogen (secondary N) is 1. The molecule has 8 nitrogen and oxygen atoms in total. The maximum atomic E-state index is 12.1. The van der Waals surface area contributed by atoms with Crippen molar-refractivity contribution < 1.29 is 9.90 Å². The molecule has 2 N–H and O–H groups in total. The van der Waals surface area contributed by atoms with Gasteiger partial charge in [0, 0.05) is 11.4 Å². The van der Waals surface area contributed by atoms with Crippen LogP contribution < -0.4 is 5.43 Å².